The lowest BCUT2D eigenvalue weighted by Crippen LogP contribution is -2.61. The number of hydrogen-bond donors (Lipinski definition) is 1. The molecule has 1 amide bonds. The van der Waals surface area contributed by atoms with Crippen molar-refractivity contribution >= 4 is 29.2 Å². The first-order valence-electron chi connectivity index (χ1n) is 26.9. The fourth-order valence-electron chi connectivity index (χ4n) is 11.1. The van der Waals surface area contributed by atoms with Crippen molar-refractivity contribution in [1.29, 1.82) is 0 Å². The third-order valence-electron chi connectivity index (χ3n) is 15.7. The number of Topliss-reactive ketones (excluding diaryl/α,β-unsaturated/α-hetero) is 3. The van der Waals surface area contributed by atoms with Gasteiger partial charge >= 0.3 is 5.97 Å². The predicted octanol–water partition coefficient (Wildman–Crippen LogP) is 7.52. The number of rotatable bonds is 14. The Kier molecular flexibility index (Phi) is 26.3. The molecule has 1 saturated carbocycles. The van der Waals surface area contributed by atoms with Gasteiger partial charge in [-0.1, -0.05) is 71.1 Å². The molecule has 414 valence electrons. The molecule has 2 bridgehead atoms. The summed E-state index contributed by atoms with van der Waals surface area (Å²) in [5.41, 5.74) is 1.51. The van der Waals surface area contributed by atoms with Crippen molar-refractivity contribution in [1.82, 2.24) is 4.90 Å². The summed E-state index contributed by atoms with van der Waals surface area (Å²) in [6.45, 7) is 14.6. The van der Waals surface area contributed by atoms with Gasteiger partial charge in [0.25, 0.3) is 11.7 Å². The smallest absolute Gasteiger partial charge is 0.329 e. The number of fused-ring (bicyclic) bond motifs is 3. The van der Waals surface area contributed by atoms with E-state index in [0.29, 0.717) is 63.9 Å². The van der Waals surface area contributed by atoms with Crippen molar-refractivity contribution in [2.45, 2.75) is 180 Å². The maximum absolute atomic E-state index is 14.6. The number of aliphatic hydroxyl groups is 1. The maximum Gasteiger partial charge on any atom is 0.329 e. The monoisotopic (exact) mass is 1030 g/mol. The quantitative estimate of drug-likeness (QED) is 0.0777. The van der Waals surface area contributed by atoms with Crippen LogP contribution in [-0.4, -0.2) is 162 Å². The van der Waals surface area contributed by atoms with Crippen molar-refractivity contribution in [3.05, 3.63) is 47.6 Å². The number of carbonyl (C=O) groups excluding carboxylic acids is 5. The molecule has 0 radical (unpaired) electrons. The van der Waals surface area contributed by atoms with Gasteiger partial charge in [0, 0.05) is 72.7 Å². The zero-order chi connectivity index (χ0) is 53.8. The van der Waals surface area contributed by atoms with Gasteiger partial charge in [-0.15, -0.1) is 0 Å². The van der Waals surface area contributed by atoms with Gasteiger partial charge in [-0.25, -0.2) is 4.79 Å². The number of carbonyl (C=O) groups is 5. The molecule has 0 aromatic rings. The molecule has 16 nitrogen and oxygen atoms in total. The number of allylic oxidation sites excluding steroid dienone is 6. The molecular weight excluding hydrogens is 939 g/mol. The van der Waals surface area contributed by atoms with Gasteiger partial charge in [-0.3, -0.25) is 19.2 Å². The second-order valence-corrected chi connectivity index (χ2v) is 21.2. The molecular formula is C57H91NO15. The maximum atomic E-state index is 14.6. The van der Waals surface area contributed by atoms with E-state index in [1.807, 2.05) is 65.0 Å². The lowest BCUT2D eigenvalue weighted by atomic mass is 9.78. The molecule has 1 N–H and O–H groups in total. The summed E-state index contributed by atoms with van der Waals surface area (Å²) in [4.78, 5) is 73.1. The van der Waals surface area contributed by atoms with Crippen LogP contribution in [0.1, 0.15) is 126 Å². The van der Waals surface area contributed by atoms with Crippen LogP contribution in [0.3, 0.4) is 0 Å². The third kappa shape index (κ3) is 17.8. The summed E-state index contributed by atoms with van der Waals surface area (Å²) in [6.07, 6.45) is 13.7. The van der Waals surface area contributed by atoms with Crippen LogP contribution >= 0.6 is 0 Å². The number of amides is 1. The molecule has 16 heteroatoms. The first-order chi connectivity index (χ1) is 34.8. The highest BCUT2D eigenvalue weighted by molar-refractivity contribution is 6.39. The lowest BCUT2D eigenvalue weighted by Gasteiger charge is -2.43. The Morgan fingerprint density at radius 3 is 2.16 bits per heavy atom. The van der Waals surface area contributed by atoms with Crippen LogP contribution < -0.4 is 0 Å². The number of ketones is 3. The highest BCUT2D eigenvalue weighted by Gasteiger charge is 2.53. The normalized spacial score (nSPS) is 37.3. The minimum absolute atomic E-state index is 0.0321. The number of hydrogen-bond acceptors (Lipinski definition) is 15. The number of piperidine rings is 1. The van der Waals surface area contributed by atoms with Gasteiger partial charge in [0.2, 0.25) is 5.79 Å². The van der Waals surface area contributed by atoms with Gasteiger partial charge in [-0.05, 0) is 107 Å². The Labute approximate surface area is 436 Å². The molecule has 1 unspecified atom stereocenters. The van der Waals surface area contributed by atoms with E-state index in [4.69, 9.17) is 42.6 Å². The first kappa shape index (κ1) is 62.1. The zero-order valence-electron chi connectivity index (χ0n) is 46.2. The number of ether oxygens (including phenoxy) is 9. The first-order valence-corrected chi connectivity index (χ1v) is 26.9. The average Bonchev–Trinajstić information content (AvgIpc) is 3.37. The second-order valence-electron chi connectivity index (χ2n) is 21.2. The highest BCUT2D eigenvalue weighted by atomic mass is 16.6. The molecule has 0 spiro atoms. The van der Waals surface area contributed by atoms with Crippen LogP contribution in [-0.2, 0) is 66.6 Å². The summed E-state index contributed by atoms with van der Waals surface area (Å²) in [6, 6.07) is -1.13. The van der Waals surface area contributed by atoms with E-state index in [2.05, 4.69) is 0 Å². The molecule has 3 aliphatic heterocycles. The summed E-state index contributed by atoms with van der Waals surface area (Å²) in [5.74, 6) is -7.43. The minimum atomic E-state index is -2.46. The lowest BCUT2D eigenvalue weighted by molar-refractivity contribution is -0.266. The van der Waals surface area contributed by atoms with Gasteiger partial charge < -0.3 is 52.6 Å². The summed E-state index contributed by atoms with van der Waals surface area (Å²) >= 11 is 0. The molecule has 73 heavy (non-hydrogen) atoms. The van der Waals surface area contributed by atoms with E-state index < -0.39 is 71.8 Å². The van der Waals surface area contributed by atoms with Gasteiger partial charge in [0.15, 0.2) is 5.78 Å². The molecule has 2 saturated heterocycles. The Morgan fingerprint density at radius 2 is 1.48 bits per heavy atom. The van der Waals surface area contributed by atoms with Crippen molar-refractivity contribution in [3.63, 3.8) is 0 Å². The minimum Gasteiger partial charge on any atom is -0.460 e. The highest BCUT2D eigenvalue weighted by Crippen LogP contribution is 2.38. The molecule has 0 aromatic carbocycles. The number of nitrogens with zero attached hydrogens (tertiary/aromatic N) is 1. The Bertz CT molecular complexity index is 1900. The largest absolute Gasteiger partial charge is 0.460 e. The molecule has 3 heterocycles. The fourth-order valence-corrected chi connectivity index (χ4v) is 11.1. The number of methoxy groups -OCH3 is 5. The van der Waals surface area contributed by atoms with E-state index in [0.717, 1.165) is 24.8 Å². The van der Waals surface area contributed by atoms with E-state index in [-0.39, 0.29) is 79.9 Å². The summed E-state index contributed by atoms with van der Waals surface area (Å²) < 4.78 is 53.0. The Balaban J connectivity index is 1.73. The van der Waals surface area contributed by atoms with E-state index >= 15 is 0 Å². The van der Waals surface area contributed by atoms with Crippen LogP contribution in [0.15, 0.2) is 47.6 Å². The Morgan fingerprint density at radius 1 is 0.767 bits per heavy atom. The fraction of sp³-hybridized carbons (Fsp3) is 0.772. The van der Waals surface area contributed by atoms with E-state index in [1.165, 1.54) is 19.1 Å². The van der Waals surface area contributed by atoms with Crippen LogP contribution in [0, 0.1) is 35.5 Å². The number of esters is 1. The molecule has 3 fully saturated rings. The average molecular weight is 1030 g/mol. The topological polar surface area (TPSA) is 192 Å². The van der Waals surface area contributed by atoms with Gasteiger partial charge in [0.05, 0.1) is 50.8 Å². The standard InChI is InChI=1S/C57H91NO15/c1-36-18-14-13-15-19-37(2)48(71-29-28-70-27-26-65-8)34-44-23-21-42(7)57(64,73-44)54(61)55(62)58-25-17-16-20-45(58)56(63)72-49(39(4)32-43-22-24-47(66-9)50(33-43)67-10)35-46(59)38(3)31-41(6)52(68-11)53(69-12)51(60)40(5)30-36/h13-15,18-19,31,36,38-40,42-45,47-50,52-53,64H,16-17,20-30,32-35H2,1-12H3/b15-13+,18-14+,37-19+,41-31+/t36-,38-,39-,40-,42-,43+,44+,45+,47-,48?,49+,50-,52-,53+,57-/m1/s1. The van der Waals surface area contributed by atoms with Gasteiger partial charge in [0.1, 0.15) is 30.1 Å². The Hall–Kier alpha value is -3.45. The van der Waals surface area contributed by atoms with Crippen LogP contribution in [0.2, 0.25) is 0 Å². The number of cyclic esters (lactones) is 1. The van der Waals surface area contributed by atoms with E-state index in [9.17, 15) is 29.1 Å². The summed E-state index contributed by atoms with van der Waals surface area (Å²) in [5, 5.41) is 12.2. The zero-order valence-corrected chi connectivity index (χ0v) is 46.2. The molecule has 4 aliphatic rings. The molecule has 15 atom stereocenters. The second kappa shape index (κ2) is 30.9. The van der Waals surface area contributed by atoms with Gasteiger partial charge in [-0.2, -0.15) is 0 Å². The third-order valence-corrected chi connectivity index (χ3v) is 15.7. The van der Waals surface area contributed by atoms with Crippen LogP contribution in [0.5, 0.6) is 0 Å². The van der Waals surface area contributed by atoms with Crippen LogP contribution in [0.4, 0.5) is 0 Å². The van der Waals surface area contributed by atoms with Crippen molar-refractivity contribution in [2.75, 3.05) is 68.5 Å². The van der Waals surface area contributed by atoms with Crippen molar-refractivity contribution < 1.29 is 71.7 Å². The molecule has 0 aromatic heterocycles. The van der Waals surface area contributed by atoms with Crippen molar-refractivity contribution in [3.8, 4) is 0 Å². The van der Waals surface area contributed by atoms with Crippen molar-refractivity contribution in [2.24, 2.45) is 35.5 Å². The molecule has 4 rings (SSSR count). The molecule has 1 aliphatic carbocycles. The predicted molar refractivity (Wildman–Crippen MR) is 276 cm³/mol. The SMILES string of the molecule is COCCOCCOC1C[C@@H]2CC[C@@H](C)[C@@](O)(O2)C(=O)C(=O)N2CCCC[C@H]2C(=O)O[C@H]([C@H](C)C[C@@H]2CC[C@@H](OC)[C@H](OC)C2)CC(=O)[C@H](C)/C=C(\C)[C@@H](OC)[C@@H](OC)C(=O)[C@H](C)C[C@H](C)/C=C/C=C/C=C/1C. The van der Waals surface area contributed by atoms with Crippen LogP contribution in [0.25, 0.3) is 0 Å². The summed E-state index contributed by atoms with van der Waals surface area (Å²) in [7, 11) is 7.96. The van der Waals surface area contributed by atoms with E-state index in [1.54, 1.807) is 41.3 Å².